The summed E-state index contributed by atoms with van der Waals surface area (Å²) in [4.78, 5) is 14.6. The van der Waals surface area contributed by atoms with E-state index in [4.69, 9.17) is 15.6 Å². The van der Waals surface area contributed by atoms with E-state index in [1.165, 1.54) is 6.07 Å². The fourth-order valence-electron chi connectivity index (χ4n) is 1.61. The van der Waals surface area contributed by atoms with Crippen LogP contribution in [-0.4, -0.2) is 23.2 Å². The lowest BCUT2D eigenvalue weighted by Crippen LogP contribution is -2.04. The van der Waals surface area contributed by atoms with Crippen molar-refractivity contribution in [3.63, 3.8) is 0 Å². The van der Waals surface area contributed by atoms with E-state index < -0.39 is 5.97 Å². The van der Waals surface area contributed by atoms with E-state index in [1.54, 1.807) is 25.3 Å². The van der Waals surface area contributed by atoms with Crippen molar-refractivity contribution in [2.75, 3.05) is 12.8 Å². The zero-order valence-electron chi connectivity index (χ0n) is 9.75. The molecule has 0 bridgehead atoms. The normalized spacial score (nSPS) is 10.1. The highest BCUT2D eigenvalue weighted by Gasteiger charge is 2.09. The Morgan fingerprint density at radius 1 is 1.22 bits per heavy atom. The number of aromatic carboxylic acids is 1. The van der Waals surface area contributed by atoms with Gasteiger partial charge in [-0.2, -0.15) is 0 Å². The van der Waals surface area contributed by atoms with Crippen LogP contribution >= 0.6 is 0 Å². The van der Waals surface area contributed by atoms with E-state index in [9.17, 15) is 4.79 Å². The van der Waals surface area contributed by atoms with E-state index in [0.29, 0.717) is 5.56 Å². The number of carbonyl (C=O) groups is 1. The highest BCUT2D eigenvalue weighted by molar-refractivity contribution is 5.87. The number of nitrogen functional groups attached to an aromatic ring is 1. The van der Waals surface area contributed by atoms with Crippen LogP contribution in [0.3, 0.4) is 0 Å². The SMILES string of the molecule is COc1ccc(-c2ccc(C(=O)O)nc2N)cc1. The van der Waals surface area contributed by atoms with Crippen LogP contribution in [0.5, 0.6) is 5.75 Å². The summed E-state index contributed by atoms with van der Waals surface area (Å²) in [5, 5.41) is 8.80. The molecule has 1 heterocycles. The van der Waals surface area contributed by atoms with Crippen LogP contribution in [0.15, 0.2) is 36.4 Å². The van der Waals surface area contributed by atoms with E-state index in [1.807, 2.05) is 12.1 Å². The van der Waals surface area contributed by atoms with Gasteiger partial charge in [-0.1, -0.05) is 12.1 Å². The van der Waals surface area contributed by atoms with Crippen LogP contribution in [0.1, 0.15) is 10.5 Å². The first-order chi connectivity index (χ1) is 8.61. The number of nitrogens with zero attached hydrogens (tertiary/aromatic N) is 1. The Balaban J connectivity index is 2.41. The van der Waals surface area contributed by atoms with Crippen molar-refractivity contribution in [2.45, 2.75) is 0 Å². The quantitative estimate of drug-likeness (QED) is 0.862. The first-order valence-electron chi connectivity index (χ1n) is 5.26. The fraction of sp³-hybridized carbons (Fsp3) is 0.0769. The average Bonchev–Trinajstić information content (AvgIpc) is 2.38. The van der Waals surface area contributed by atoms with E-state index in [-0.39, 0.29) is 11.5 Å². The summed E-state index contributed by atoms with van der Waals surface area (Å²) >= 11 is 0. The zero-order chi connectivity index (χ0) is 13.1. The lowest BCUT2D eigenvalue weighted by Gasteiger charge is -2.07. The molecule has 0 radical (unpaired) electrons. The van der Waals surface area contributed by atoms with Gasteiger partial charge in [-0.05, 0) is 29.8 Å². The molecule has 0 aliphatic carbocycles. The number of carboxylic acid groups (broad SMARTS) is 1. The van der Waals surface area contributed by atoms with Crippen molar-refractivity contribution >= 4 is 11.8 Å². The Bertz CT molecular complexity index is 579. The third-order valence-electron chi connectivity index (χ3n) is 2.54. The van der Waals surface area contributed by atoms with Gasteiger partial charge in [0, 0.05) is 5.56 Å². The van der Waals surface area contributed by atoms with Crippen molar-refractivity contribution in [3.8, 4) is 16.9 Å². The molecule has 0 saturated carbocycles. The number of ether oxygens (including phenoxy) is 1. The third-order valence-corrected chi connectivity index (χ3v) is 2.54. The monoisotopic (exact) mass is 244 g/mol. The number of anilines is 1. The Hall–Kier alpha value is -2.56. The lowest BCUT2D eigenvalue weighted by molar-refractivity contribution is 0.0690. The summed E-state index contributed by atoms with van der Waals surface area (Å²) in [5.74, 6) is -0.157. The molecule has 0 saturated heterocycles. The van der Waals surface area contributed by atoms with Crippen molar-refractivity contribution in [1.82, 2.24) is 4.98 Å². The van der Waals surface area contributed by atoms with E-state index in [2.05, 4.69) is 4.98 Å². The Morgan fingerprint density at radius 3 is 2.39 bits per heavy atom. The number of pyridine rings is 1. The van der Waals surface area contributed by atoms with Gasteiger partial charge in [0.15, 0.2) is 5.69 Å². The summed E-state index contributed by atoms with van der Waals surface area (Å²) in [7, 11) is 1.59. The number of nitrogens with two attached hydrogens (primary N) is 1. The molecule has 1 aromatic heterocycles. The van der Waals surface area contributed by atoms with Gasteiger partial charge in [0.25, 0.3) is 0 Å². The third kappa shape index (κ3) is 2.24. The molecule has 2 aromatic rings. The van der Waals surface area contributed by atoms with Crippen molar-refractivity contribution in [2.24, 2.45) is 0 Å². The predicted molar refractivity (Wildman–Crippen MR) is 67.6 cm³/mol. The molecule has 92 valence electrons. The summed E-state index contributed by atoms with van der Waals surface area (Å²) in [6.07, 6.45) is 0. The maximum atomic E-state index is 10.7. The van der Waals surface area contributed by atoms with Crippen LogP contribution in [0.2, 0.25) is 0 Å². The molecule has 0 unspecified atom stereocenters. The summed E-state index contributed by atoms with van der Waals surface area (Å²) < 4.78 is 5.06. The van der Waals surface area contributed by atoms with Crippen LogP contribution in [0.25, 0.3) is 11.1 Å². The van der Waals surface area contributed by atoms with Gasteiger partial charge in [0.05, 0.1) is 7.11 Å². The van der Waals surface area contributed by atoms with Crippen molar-refractivity contribution in [1.29, 1.82) is 0 Å². The number of methoxy groups -OCH3 is 1. The van der Waals surface area contributed by atoms with Gasteiger partial charge < -0.3 is 15.6 Å². The van der Waals surface area contributed by atoms with Gasteiger partial charge in [0.1, 0.15) is 11.6 Å². The fourth-order valence-corrected chi connectivity index (χ4v) is 1.61. The molecule has 0 amide bonds. The van der Waals surface area contributed by atoms with Crippen LogP contribution in [0.4, 0.5) is 5.82 Å². The van der Waals surface area contributed by atoms with Crippen molar-refractivity contribution in [3.05, 3.63) is 42.1 Å². The van der Waals surface area contributed by atoms with Crippen LogP contribution in [-0.2, 0) is 0 Å². The number of rotatable bonds is 3. The predicted octanol–water partition coefficient (Wildman–Crippen LogP) is 2.04. The zero-order valence-corrected chi connectivity index (χ0v) is 9.75. The molecule has 5 nitrogen and oxygen atoms in total. The number of hydrogen-bond donors (Lipinski definition) is 2. The van der Waals surface area contributed by atoms with Gasteiger partial charge in [0.2, 0.25) is 0 Å². The molecule has 18 heavy (non-hydrogen) atoms. The molecule has 0 atom stereocenters. The molecular formula is C13H12N2O3. The average molecular weight is 244 g/mol. The summed E-state index contributed by atoms with van der Waals surface area (Å²) in [6, 6.07) is 10.4. The topological polar surface area (TPSA) is 85.4 Å². The molecule has 0 aliphatic rings. The van der Waals surface area contributed by atoms with Crippen LogP contribution < -0.4 is 10.5 Å². The first kappa shape index (κ1) is 11.9. The Kier molecular flexibility index (Phi) is 3.14. The van der Waals surface area contributed by atoms with Crippen LogP contribution in [0, 0.1) is 0 Å². The Labute approximate surface area is 104 Å². The molecule has 2 rings (SSSR count). The standard InChI is InChI=1S/C13H12N2O3/c1-18-9-4-2-8(3-5-9)10-6-7-11(13(16)17)15-12(10)14/h2-7H,1H3,(H2,14,15)(H,16,17). The molecule has 0 aliphatic heterocycles. The molecule has 0 fully saturated rings. The van der Waals surface area contributed by atoms with Gasteiger partial charge >= 0.3 is 5.97 Å². The van der Waals surface area contributed by atoms with Gasteiger partial charge in [-0.3, -0.25) is 0 Å². The molecule has 1 aromatic carbocycles. The van der Waals surface area contributed by atoms with Gasteiger partial charge in [-0.25, -0.2) is 9.78 Å². The largest absolute Gasteiger partial charge is 0.497 e. The molecule has 5 heteroatoms. The maximum absolute atomic E-state index is 10.7. The highest BCUT2D eigenvalue weighted by atomic mass is 16.5. The second-order valence-corrected chi connectivity index (χ2v) is 3.66. The number of aromatic nitrogens is 1. The summed E-state index contributed by atoms with van der Waals surface area (Å²) in [5.41, 5.74) is 7.25. The highest BCUT2D eigenvalue weighted by Crippen LogP contribution is 2.26. The lowest BCUT2D eigenvalue weighted by atomic mass is 10.1. The van der Waals surface area contributed by atoms with E-state index >= 15 is 0 Å². The summed E-state index contributed by atoms with van der Waals surface area (Å²) in [6.45, 7) is 0. The first-order valence-corrected chi connectivity index (χ1v) is 5.26. The number of benzene rings is 1. The molecule has 3 N–H and O–H groups in total. The minimum Gasteiger partial charge on any atom is -0.497 e. The van der Waals surface area contributed by atoms with E-state index in [0.717, 1.165) is 11.3 Å². The number of hydrogen-bond acceptors (Lipinski definition) is 4. The number of carboxylic acids is 1. The Morgan fingerprint density at radius 2 is 1.89 bits per heavy atom. The minimum absolute atomic E-state index is 0.0650. The van der Waals surface area contributed by atoms with Crippen molar-refractivity contribution < 1.29 is 14.6 Å². The second kappa shape index (κ2) is 4.75. The second-order valence-electron chi connectivity index (χ2n) is 3.66. The van der Waals surface area contributed by atoms with Gasteiger partial charge in [-0.15, -0.1) is 0 Å². The minimum atomic E-state index is -1.09. The smallest absolute Gasteiger partial charge is 0.354 e. The molecular weight excluding hydrogens is 232 g/mol. The maximum Gasteiger partial charge on any atom is 0.354 e. The molecule has 0 spiro atoms.